The van der Waals surface area contributed by atoms with Gasteiger partial charge in [0.25, 0.3) is 0 Å². The van der Waals surface area contributed by atoms with Gasteiger partial charge in [-0.15, -0.1) is 24.0 Å². The third kappa shape index (κ3) is 6.23. The van der Waals surface area contributed by atoms with Crippen LogP contribution in [-0.4, -0.2) is 53.9 Å². The summed E-state index contributed by atoms with van der Waals surface area (Å²) in [5.74, 6) is 1.85. The SMILES string of the molecule is CN=C(NCCCn1nc(C)cc1C)NCC(c1ccco1)N1CCCC1.I. The van der Waals surface area contributed by atoms with Crippen molar-refractivity contribution in [3.05, 3.63) is 41.6 Å². The smallest absolute Gasteiger partial charge is 0.191 e. The maximum absolute atomic E-state index is 5.68. The molecule has 0 aliphatic carbocycles. The van der Waals surface area contributed by atoms with Crippen molar-refractivity contribution in [1.82, 2.24) is 25.3 Å². The summed E-state index contributed by atoms with van der Waals surface area (Å²) in [7, 11) is 1.81. The highest BCUT2D eigenvalue weighted by Crippen LogP contribution is 2.24. The Morgan fingerprint density at radius 2 is 2.07 bits per heavy atom. The second-order valence-corrected chi connectivity index (χ2v) is 7.16. The van der Waals surface area contributed by atoms with E-state index in [-0.39, 0.29) is 30.0 Å². The lowest BCUT2D eigenvalue weighted by atomic mass is 10.2. The summed E-state index contributed by atoms with van der Waals surface area (Å²) in [4.78, 5) is 6.85. The van der Waals surface area contributed by atoms with Crippen LogP contribution in [0.3, 0.4) is 0 Å². The highest BCUT2D eigenvalue weighted by Gasteiger charge is 2.25. The minimum absolute atomic E-state index is 0. The van der Waals surface area contributed by atoms with E-state index in [2.05, 4.69) is 49.4 Å². The van der Waals surface area contributed by atoms with Gasteiger partial charge in [-0.05, 0) is 64.4 Å². The Bertz CT molecular complexity index is 721. The normalized spacial score (nSPS) is 16.0. The Hall–Kier alpha value is -1.55. The molecule has 0 spiro atoms. The van der Waals surface area contributed by atoms with E-state index in [9.17, 15) is 0 Å². The van der Waals surface area contributed by atoms with E-state index in [0.29, 0.717) is 0 Å². The lowest BCUT2D eigenvalue weighted by Crippen LogP contribution is -2.43. The van der Waals surface area contributed by atoms with Crippen molar-refractivity contribution in [3.8, 4) is 0 Å². The molecule has 1 aliphatic rings. The topological polar surface area (TPSA) is 70.6 Å². The van der Waals surface area contributed by atoms with Crippen LogP contribution in [0.15, 0.2) is 33.9 Å². The Balaban J connectivity index is 0.00000280. The third-order valence-corrected chi connectivity index (χ3v) is 5.08. The minimum Gasteiger partial charge on any atom is -0.468 e. The highest BCUT2D eigenvalue weighted by molar-refractivity contribution is 14.0. The predicted molar refractivity (Wildman–Crippen MR) is 123 cm³/mol. The first-order chi connectivity index (χ1) is 13.2. The van der Waals surface area contributed by atoms with Gasteiger partial charge in [0.2, 0.25) is 0 Å². The largest absolute Gasteiger partial charge is 0.468 e. The Morgan fingerprint density at radius 1 is 1.29 bits per heavy atom. The maximum atomic E-state index is 5.68. The first-order valence-electron chi connectivity index (χ1n) is 9.90. The van der Waals surface area contributed by atoms with Gasteiger partial charge in [0, 0.05) is 32.4 Å². The van der Waals surface area contributed by atoms with Gasteiger partial charge in [0.05, 0.1) is 18.0 Å². The summed E-state index contributed by atoms with van der Waals surface area (Å²) >= 11 is 0. The monoisotopic (exact) mass is 500 g/mol. The molecule has 1 aliphatic heterocycles. The van der Waals surface area contributed by atoms with E-state index < -0.39 is 0 Å². The number of nitrogens with one attached hydrogen (secondary N) is 2. The molecule has 2 N–H and O–H groups in total. The first-order valence-corrected chi connectivity index (χ1v) is 9.90. The van der Waals surface area contributed by atoms with Crippen LogP contribution in [0.2, 0.25) is 0 Å². The van der Waals surface area contributed by atoms with E-state index in [1.54, 1.807) is 6.26 Å². The van der Waals surface area contributed by atoms with E-state index in [1.165, 1.54) is 18.5 Å². The molecule has 3 heterocycles. The summed E-state index contributed by atoms with van der Waals surface area (Å²) in [6, 6.07) is 6.39. The van der Waals surface area contributed by atoms with E-state index >= 15 is 0 Å². The molecule has 0 radical (unpaired) electrons. The zero-order valence-electron chi connectivity index (χ0n) is 17.1. The van der Waals surface area contributed by atoms with Crippen molar-refractivity contribution in [2.75, 3.05) is 33.2 Å². The molecular weight excluding hydrogens is 467 g/mol. The number of likely N-dealkylation sites (tertiary alicyclic amines) is 1. The van der Waals surface area contributed by atoms with Gasteiger partial charge >= 0.3 is 0 Å². The van der Waals surface area contributed by atoms with Crippen molar-refractivity contribution in [1.29, 1.82) is 0 Å². The third-order valence-electron chi connectivity index (χ3n) is 5.08. The van der Waals surface area contributed by atoms with Crippen LogP contribution in [0.25, 0.3) is 0 Å². The zero-order chi connectivity index (χ0) is 19.1. The molecule has 0 amide bonds. The molecule has 3 rings (SSSR count). The number of halogens is 1. The van der Waals surface area contributed by atoms with Gasteiger partial charge in [-0.25, -0.2) is 0 Å². The Labute approximate surface area is 185 Å². The maximum Gasteiger partial charge on any atom is 0.191 e. The number of hydrogen-bond acceptors (Lipinski definition) is 4. The Kier molecular flexibility index (Phi) is 9.30. The fourth-order valence-electron chi connectivity index (χ4n) is 3.69. The minimum atomic E-state index is 0. The number of hydrogen-bond donors (Lipinski definition) is 2. The van der Waals surface area contributed by atoms with Gasteiger partial charge in [-0.3, -0.25) is 14.6 Å². The molecule has 1 fully saturated rings. The number of aliphatic imine (C=N–C) groups is 1. The summed E-state index contributed by atoms with van der Waals surface area (Å²) in [5.41, 5.74) is 2.28. The standard InChI is InChI=1S/C20H32N6O.HI/c1-16-14-17(2)26(24-16)12-7-9-22-20(21-3)23-15-18(19-8-6-13-27-19)25-10-4-5-11-25;/h6,8,13-14,18H,4-5,7,9-12,15H2,1-3H3,(H2,21,22,23);1H. The van der Waals surface area contributed by atoms with E-state index in [4.69, 9.17) is 4.42 Å². The van der Waals surface area contributed by atoms with Crippen LogP contribution < -0.4 is 10.6 Å². The van der Waals surface area contributed by atoms with Crippen molar-refractivity contribution < 1.29 is 4.42 Å². The molecule has 0 saturated carbocycles. The molecule has 7 nitrogen and oxygen atoms in total. The molecule has 156 valence electrons. The van der Waals surface area contributed by atoms with Gasteiger partial charge in [0.15, 0.2) is 5.96 Å². The zero-order valence-corrected chi connectivity index (χ0v) is 19.5. The van der Waals surface area contributed by atoms with Crippen LogP contribution in [0.4, 0.5) is 0 Å². The van der Waals surface area contributed by atoms with Gasteiger partial charge < -0.3 is 15.1 Å². The van der Waals surface area contributed by atoms with Crippen molar-refractivity contribution in [2.24, 2.45) is 4.99 Å². The summed E-state index contributed by atoms with van der Waals surface area (Å²) < 4.78 is 7.75. The highest BCUT2D eigenvalue weighted by atomic mass is 127. The average Bonchev–Trinajstić information content (AvgIpc) is 3.41. The molecule has 1 unspecified atom stereocenters. The second kappa shape index (κ2) is 11.5. The molecule has 0 bridgehead atoms. The molecule has 1 atom stereocenters. The first kappa shape index (κ1) is 22.7. The molecule has 0 aromatic carbocycles. The summed E-state index contributed by atoms with van der Waals surface area (Å²) in [6.45, 7) is 8.93. The average molecular weight is 500 g/mol. The Morgan fingerprint density at radius 3 is 2.68 bits per heavy atom. The molecule has 2 aromatic rings. The van der Waals surface area contributed by atoms with Crippen LogP contribution in [-0.2, 0) is 6.54 Å². The number of furan rings is 1. The number of guanidine groups is 1. The molecule has 28 heavy (non-hydrogen) atoms. The number of rotatable bonds is 8. The van der Waals surface area contributed by atoms with Crippen molar-refractivity contribution in [3.63, 3.8) is 0 Å². The second-order valence-electron chi connectivity index (χ2n) is 7.16. The lowest BCUT2D eigenvalue weighted by Gasteiger charge is -2.26. The molecule has 8 heteroatoms. The summed E-state index contributed by atoms with van der Waals surface area (Å²) in [6.07, 6.45) is 5.27. The molecule has 2 aromatic heterocycles. The van der Waals surface area contributed by atoms with Crippen LogP contribution in [0.5, 0.6) is 0 Å². The van der Waals surface area contributed by atoms with E-state index in [0.717, 1.165) is 56.6 Å². The number of aryl methyl sites for hydroxylation is 3. The van der Waals surface area contributed by atoms with Crippen LogP contribution in [0, 0.1) is 13.8 Å². The lowest BCUT2D eigenvalue weighted by molar-refractivity contribution is 0.215. The van der Waals surface area contributed by atoms with Gasteiger partial charge in [-0.1, -0.05) is 0 Å². The quantitative estimate of drug-likeness (QED) is 0.252. The molecule has 1 saturated heterocycles. The van der Waals surface area contributed by atoms with Gasteiger partial charge in [-0.2, -0.15) is 5.10 Å². The van der Waals surface area contributed by atoms with Crippen molar-refractivity contribution >= 4 is 29.9 Å². The number of nitrogens with zero attached hydrogens (tertiary/aromatic N) is 4. The van der Waals surface area contributed by atoms with E-state index in [1.807, 2.05) is 20.0 Å². The molecular formula is C20H33IN6O. The van der Waals surface area contributed by atoms with Crippen LogP contribution in [0.1, 0.15) is 42.5 Å². The van der Waals surface area contributed by atoms with Crippen molar-refractivity contribution in [2.45, 2.75) is 45.7 Å². The fraction of sp³-hybridized carbons (Fsp3) is 0.600. The van der Waals surface area contributed by atoms with Gasteiger partial charge in [0.1, 0.15) is 5.76 Å². The summed E-state index contributed by atoms with van der Waals surface area (Å²) in [5, 5.41) is 11.4. The number of aromatic nitrogens is 2. The van der Waals surface area contributed by atoms with Crippen LogP contribution >= 0.6 is 24.0 Å². The predicted octanol–water partition coefficient (Wildman–Crippen LogP) is 3.10. The fourth-order valence-corrected chi connectivity index (χ4v) is 3.69.